The van der Waals surface area contributed by atoms with E-state index < -0.39 is 5.60 Å². The molecule has 2 saturated carbocycles. The van der Waals surface area contributed by atoms with E-state index in [1.54, 1.807) is 6.07 Å². The number of nitriles is 1. The minimum absolute atomic E-state index is 0.0758. The first-order valence-electron chi connectivity index (χ1n) is 10.0. The van der Waals surface area contributed by atoms with Gasteiger partial charge in [-0.25, -0.2) is 0 Å². The fourth-order valence-electron chi connectivity index (χ4n) is 4.09. The highest BCUT2D eigenvalue weighted by Gasteiger charge is 2.54. The van der Waals surface area contributed by atoms with Crippen LogP contribution in [0.15, 0.2) is 48.5 Å². The Labute approximate surface area is 165 Å². The van der Waals surface area contributed by atoms with Crippen molar-refractivity contribution < 1.29 is 9.53 Å². The first-order chi connectivity index (χ1) is 13.7. The van der Waals surface area contributed by atoms with Gasteiger partial charge in [0.15, 0.2) is 0 Å². The Bertz CT molecular complexity index is 956. The summed E-state index contributed by atoms with van der Waals surface area (Å²) in [4.78, 5) is 17.8. The fraction of sp³-hybridized carbons (Fsp3) is 0.391. The van der Waals surface area contributed by atoms with E-state index in [1.807, 2.05) is 41.3 Å². The Balaban J connectivity index is 1.34. The van der Waals surface area contributed by atoms with Crippen molar-refractivity contribution in [3.8, 4) is 6.07 Å². The monoisotopic (exact) mass is 373 g/mol. The normalized spacial score (nSPS) is 19.7. The SMILES string of the molecule is N#Cc1cccc(COC2(C(=O)N3CCN(C4CC4)c4ccccc43)CC2)c1. The maximum absolute atomic E-state index is 13.4. The van der Waals surface area contributed by atoms with Gasteiger partial charge in [-0.1, -0.05) is 24.3 Å². The third-order valence-corrected chi connectivity index (χ3v) is 5.94. The highest BCUT2D eigenvalue weighted by Crippen LogP contribution is 2.46. The van der Waals surface area contributed by atoms with Crippen molar-refractivity contribution in [3.63, 3.8) is 0 Å². The van der Waals surface area contributed by atoms with Crippen molar-refractivity contribution in [1.29, 1.82) is 5.26 Å². The van der Waals surface area contributed by atoms with E-state index >= 15 is 0 Å². The zero-order chi connectivity index (χ0) is 19.1. The molecule has 2 aromatic rings. The molecule has 0 radical (unpaired) electrons. The molecule has 28 heavy (non-hydrogen) atoms. The second kappa shape index (κ2) is 6.65. The summed E-state index contributed by atoms with van der Waals surface area (Å²) in [6.45, 7) is 1.94. The van der Waals surface area contributed by atoms with Crippen LogP contribution in [-0.2, 0) is 16.1 Å². The molecule has 142 valence electrons. The Hall–Kier alpha value is -2.84. The van der Waals surface area contributed by atoms with Crippen LogP contribution in [0.2, 0.25) is 0 Å². The van der Waals surface area contributed by atoms with Gasteiger partial charge in [0.05, 0.1) is 29.6 Å². The summed E-state index contributed by atoms with van der Waals surface area (Å²) >= 11 is 0. The van der Waals surface area contributed by atoms with Gasteiger partial charge < -0.3 is 14.5 Å². The van der Waals surface area contributed by atoms with Gasteiger partial charge in [0.1, 0.15) is 5.60 Å². The molecule has 5 nitrogen and oxygen atoms in total. The number of hydrogen-bond donors (Lipinski definition) is 0. The molecule has 5 rings (SSSR count). The van der Waals surface area contributed by atoms with E-state index in [9.17, 15) is 4.79 Å². The minimum Gasteiger partial charge on any atom is -0.365 e. The molecule has 0 aromatic heterocycles. The van der Waals surface area contributed by atoms with Crippen LogP contribution in [0.25, 0.3) is 0 Å². The molecule has 1 aliphatic heterocycles. The van der Waals surface area contributed by atoms with Gasteiger partial charge in [0.25, 0.3) is 5.91 Å². The summed E-state index contributed by atoms with van der Waals surface area (Å²) in [6, 6.07) is 18.4. The zero-order valence-corrected chi connectivity index (χ0v) is 15.8. The van der Waals surface area contributed by atoms with Crippen LogP contribution in [0.3, 0.4) is 0 Å². The lowest BCUT2D eigenvalue weighted by atomic mass is 10.1. The predicted octanol–water partition coefficient (Wildman–Crippen LogP) is 3.62. The number of carbonyl (C=O) groups excluding carboxylic acids is 1. The molecule has 1 amide bonds. The van der Waals surface area contributed by atoms with Crippen LogP contribution in [0.1, 0.15) is 36.8 Å². The summed E-state index contributed by atoms with van der Waals surface area (Å²) in [5, 5.41) is 9.06. The minimum atomic E-state index is -0.711. The third kappa shape index (κ3) is 3.04. The molecule has 2 aliphatic carbocycles. The molecule has 3 aliphatic rings. The van der Waals surface area contributed by atoms with E-state index in [1.165, 1.54) is 18.5 Å². The van der Waals surface area contributed by atoms with E-state index in [0.29, 0.717) is 24.8 Å². The quantitative estimate of drug-likeness (QED) is 0.803. The van der Waals surface area contributed by atoms with Crippen molar-refractivity contribution in [2.75, 3.05) is 22.9 Å². The summed E-state index contributed by atoms with van der Waals surface area (Å²) in [5.41, 5.74) is 3.01. The average molecular weight is 373 g/mol. The van der Waals surface area contributed by atoms with E-state index in [0.717, 1.165) is 30.6 Å². The van der Waals surface area contributed by atoms with E-state index in [-0.39, 0.29) is 5.91 Å². The van der Waals surface area contributed by atoms with Crippen LogP contribution in [0.5, 0.6) is 0 Å². The fourth-order valence-corrected chi connectivity index (χ4v) is 4.09. The van der Waals surface area contributed by atoms with Gasteiger partial charge in [0.2, 0.25) is 0 Å². The number of benzene rings is 2. The molecule has 0 spiro atoms. The van der Waals surface area contributed by atoms with Gasteiger partial charge in [-0.2, -0.15) is 5.26 Å². The lowest BCUT2D eigenvalue weighted by molar-refractivity contribution is -0.133. The number of rotatable bonds is 5. The lowest BCUT2D eigenvalue weighted by Crippen LogP contribution is -2.49. The Kier molecular flexibility index (Phi) is 4.10. The van der Waals surface area contributed by atoms with Crippen LogP contribution in [0.4, 0.5) is 11.4 Å². The van der Waals surface area contributed by atoms with Crippen LogP contribution in [0, 0.1) is 11.3 Å². The summed E-state index contributed by atoms with van der Waals surface area (Å²) in [7, 11) is 0. The zero-order valence-electron chi connectivity index (χ0n) is 15.8. The Morgan fingerprint density at radius 2 is 1.89 bits per heavy atom. The third-order valence-electron chi connectivity index (χ3n) is 5.94. The highest BCUT2D eigenvalue weighted by molar-refractivity contribution is 6.04. The second-order valence-corrected chi connectivity index (χ2v) is 7.97. The molecule has 0 bridgehead atoms. The molecular weight excluding hydrogens is 350 g/mol. The van der Waals surface area contributed by atoms with Crippen LogP contribution < -0.4 is 9.80 Å². The summed E-state index contributed by atoms with van der Waals surface area (Å²) in [5.74, 6) is 0.0758. The number of anilines is 2. The molecule has 0 N–H and O–H groups in total. The molecule has 2 aromatic carbocycles. The number of carbonyl (C=O) groups is 1. The molecule has 0 saturated heterocycles. The average Bonchev–Trinajstić information content (AvgIpc) is 3.66. The first-order valence-corrected chi connectivity index (χ1v) is 10.0. The number of amides is 1. The highest BCUT2D eigenvalue weighted by atomic mass is 16.5. The van der Waals surface area contributed by atoms with Gasteiger partial charge >= 0.3 is 0 Å². The van der Waals surface area contributed by atoms with Gasteiger partial charge in [-0.05, 0) is 55.5 Å². The van der Waals surface area contributed by atoms with E-state index in [2.05, 4.69) is 17.0 Å². The number of ether oxygens (including phenoxy) is 1. The Morgan fingerprint density at radius 3 is 2.61 bits per heavy atom. The van der Waals surface area contributed by atoms with E-state index in [4.69, 9.17) is 10.00 Å². The largest absolute Gasteiger partial charge is 0.365 e. The number of fused-ring (bicyclic) bond motifs is 1. The molecule has 5 heteroatoms. The second-order valence-electron chi connectivity index (χ2n) is 7.97. The van der Waals surface area contributed by atoms with Crippen molar-refractivity contribution in [2.24, 2.45) is 0 Å². The number of nitrogens with zero attached hydrogens (tertiary/aromatic N) is 3. The summed E-state index contributed by atoms with van der Waals surface area (Å²) < 4.78 is 6.13. The molecule has 1 heterocycles. The number of hydrogen-bond acceptors (Lipinski definition) is 4. The maximum atomic E-state index is 13.4. The van der Waals surface area contributed by atoms with Crippen molar-refractivity contribution >= 4 is 17.3 Å². The molecular formula is C23H23N3O2. The van der Waals surface area contributed by atoms with Gasteiger partial charge in [0, 0.05) is 19.1 Å². The van der Waals surface area contributed by atoms with Crippen molar-refractivity contribution in [2.45, 2.75) is 43.9 Å². The number of para-hydroxylation sites is 2. The van der Waals surface area contributed by atoms with Crippen molar-refractivity contribution in [1.82, 2.24) is 0 Å². The maximum Gasteiger partial charge on any atom is 0.259 e. The van der Waals surface area contributed by atoms with Crippen molar-refractivity contribution in [3.05, 3.63) is 59.7 Å². The first kappa shape index (κ1) is 17.3. The standard InChI is InChI=1S/C23H23N3O2/c24-15-17-4-3-5-18(14-17)16-28-23(10-11-23)22(27)26-13-12-25(19-8-9-19)20-6-1-2-7-21(20)26/h1-7,14,19H,8-13,16H2. The van der Waals surface area contributed by atoms with Crippen LogP contribution in [-0.4, -0.2) is 30.6 Å². The topological polar surface area (TPSA) is 56.6 Å². The summed E-state index contributed by atoms with van der Waals surface area (Å²) in [6.07, 6.45) is 4.01. The Morgan fingerprint density at radius 1 is 1.11 bits per heavy atom. The molecule has 0 unspecified atom stereocenters. The predicted molar refractivity (Wildman–Crippen MR) is 107 cm³/mol. The molecule has 0 atom stereocenters. The van der Waals surface area contributed by atoms with Gasteiger partial charge in [-0.15, -0.1) is 0 Å². The van der Waals surface area contributed by atoms with Crippen LogP contribution >= 0.6 is 0 Å². The van der Waals surface area contributed by atoms with Gasteiger partial charge in [-0.3, -0.25) is 4.79 Å². The molecule has 2 fully saturated rings. The lowest BCUT2D eigenvalue weighted by Gasteiger charge is -2.39. The smallest absolute Gasteiger partial charge is 0.259 e.